The van der Waals surface area contributed by atoms with E-state index in [4.69, 9.17) is 9.47 Å². The van der Waals surface area contributed by atoms with Crippen molar-refractivity contribution in [2.24, 2.45) is 0 Å². The fourth-order valence-electron chi connectivity index (χ4n) is 3.88. The maximum Gasteiger partial charge on any atom is 0.322 e. The average molecular weight is 463 g/mol. The number of urea groups is 1. The second kappa shape index (κ2) is 10.3. The van der Waals surface area contributed by atoms with Crippen LogP contribution in [-0.4, -0.2) is 61.3 Å². The van der Waals surface area contributed by atoms with Crippen LogP contribution >= 0.6 is 0 Å². The summed E-state index contributed by atoms with van der Waals surface area (Å²) in [5.74, 6) is 3.35. The van der Waals surface area contributed by atoms with Gasteiger partial charge in [0.15, 0.2) is 11.5 Å². The second-order valence-electron chi connectivity index (χ2n) is 8.09. The Morgan fingerprint density at radius 3 is 2.35 bits per heavy atom. The van der Waals surface area contributed by atoms with Crippen molar-refractivity contribution in [3.63, 3.8) is 0 Å². The quantitative estimate of drug-likeness (QED) is 0.567. The molecule has 0 atom stereocenters. The third-order valence-electron chi connectivity index (χ3n) is 5.68. The van der Waals surface area contributed by atoms with Gasteiger partial charge in [0.1, 0.15) is 17.5 Å². The molecule has 9 nitrogen and oxygen atoms in total. The van der Waals surface area contributed by atoms with Crippen LogP contribution in [0, 0.1) is 13.8 Å². The van der Waals surface area contributed by atoms with Crippen LogP contribution in [0.1, 0.15) is 11.4 Å². The topological polar surface area (TPSA) is 91.9 Å². The first-order chi connectivity index (χ1) is 16.5. The number of nitrogens with zero attached hydrogens (tertiary/aromatic N) is 4. The number of carbonyl (C=O) groups is 1. The molecule has 9 heteroatoms. The number of para-hydroxylation sites is 1. The predicted octanol–water partition coefficient (Wildman–Crippen LogP) is 4.21. The summed E-state index contributed by atoms with van der Waals surface area (Å²) >= 11 is 0. The fourth-order valence-corrected chi connectivity index (χ4v) is 3.88. The summed E-state index contributed by atoms with van der Waals surface area (Å²) in [6, 6.07) is 15.3. The van der Waals surface area contributed by atoms with Gasteiger partial charge >= 0.3 is 6.03 Å². The molecule has 0 unspecified atom stereocenters. The highest BCUT2D eigenvalue weighted by atomic mass is 16.5. The first-order valence-electron chi connectivity index (χ1n) is 11.2. The zero-order valence-corrected chi connectivity index (χ0v) is 20.0. The molecule has 0 spiro atoms. The lowest BCUT2D eigenvalue weighted by Gasteiger charge is -2.35. The zero-order chi connectivity index (χ0) is 24.1. The van der Waals surface area contributed by atoms with E-state index in [1.54, 1.807) is 31.3 Å². The Hall–Kier alpha value is -4.01. The van der Waals surface area contributed by atoms with Gasteiger partial charge in [0.05, 0.1) is 19.9 Å². The van der Waals surface area contributed by atoms with E-state index in [0.29, 0.717) is 49.2 Å². The Bertz CT molecular complexity index is 1140. The monoisotopic (exact) mass is 462 g/mol. The lowest BCUT2D eigenvalue weighted by atomic mass is 10.2. The highest BCUT2D eigenvalue weighted by Gasteiger charge is 2.24. The van der Waals surface area contributed by atoms with Gasteiger partial charge in [0, 0.05) is 37.9 Å². The number of aryl methyl sites for hydroxylation is 2. The van der Waals surface area contributed by atoms with Crippen molar-refractivity contribution in [3.8, 4) is 11.5 Å². The molecular formula is C25H30N6O3. The van der Waals surface area contributed by atoms with E-state index in [1.165, 1.54) is 5.56 Å². The highest BCUT2D eigenvalue weighted by Crippen LogP contribution is 2.35. The number of benzene rings is 2. The van der Waals surface area contributed by atoms with Gasteiger partial charge < -0.3 is 29.9 Å². The number of piperazine rings is 1. The number of amides is 2. The minimum absolute atomic E-state index is 0.174. The van der Waals surface area contributed by atoms with E-state index in [1.807, 2.05) is 31.2 Å². The minimum atomic E-state index is -0.174. The number of aromatic nitrogens is 2. The van der Waals surface area contributed by atoms with E-state index < -0.39 is 0 Å². The Balaban J connectivity index is 1.39. The van der Waals surface area contributed by atoms with E-state index in [2.05, 4.69) is 44.6 Å². The van der Waals surface area contributed by atoms with Gasteiger partial charge in [0.25, 0.3) is 0 Å². The Labute approximate surface area is 199 Å². The Morgan fingerprint density at radius 1 is 0.941 bits per heavy atom. The molecule has 3 aromatic rings. The van der Waals surface area contributed by atoms with Crippen molar-refractivity contribution in [2.75, 3.05) is 55.9 Å². The number of nitrogens with one attached hydrogen (secondary N) is 2. The molecular weight excluding hydrogens is 432 g/mol. The average Bonchev–Trinajstić information content (AvgIpc) is 2.85. The van der Waals surface area contributed by atoms with Gasteiger partial charge in [-0.15, -0.1) is 0 Å². The molecule has 34 heavy (non-hydrogen) atoms. The number of hydrogen-bond donors (Lipinski definition) is 2. The van der Waals surface area contributed by atoms with E-state index in [9.17, 15) is 4.79 Å². The van der Waals surface area contributed by atoms with Gasteiger partial charge in [-0.1, -0.05) is 23.8 Å². The van der Waals surface area contributed by atoms with Crippen molar-refractivity contribution in [1.82, 2.24) is 14.9 Å². The molecule has 2 amide bonds. The summed E-state index contributed by atoms with van der Waals surface area (Å²) in [7, 11) is 3.12. The third kappa shape index (κ3) is 5.31. The maximum atomic E-state index is 12.9. The summed E-state index contributed by atoms with van der Waals surface area (Å²) in [4.78, 5) is 26.0. The van der Waals surface area contributed by atoms with Crippen molar-refractivity contribution in [1.29, 1.82) is 0 Å². The third-order valence-corrected chi connectivity index (χ3v) is 5.68. The smallest absolute Gasteiger partial charge is 0.322 e. The first kappa shape index (κ1) is 23.2. The van der Waals surface area contributed by atoms with Gasteiger partial charge in [-0.2, -0.15) is 0 Å². The van der Waals surface area contributed by atoms with Crippen LogP contribution in [0.2, 0.25) is 0 Å². The van der Waals surface area contributed by atoms with E-state index >= 15 is 0 Å². The number of methoxy groups -OCH3 is 2. The molecule has 0 aliphatic carbocycles. The summed E-state index contributed by atoms with van der Waals surface area (Å²) in [5, 5.41) is 6.29. The molecule has 2 aromatic carbocycles. The summed E-state index contributed by atoms with van der Waals surface area (Å²) in [6.45, 7) is 6.43. The summed E-state index contributed by atoms with van der Waals surface area (Å²) < 4.78 is 10.7. The molecule has 1 fully saturated rings. The number of hydrogen-bond acceptors (Lipinski definition) is 7. The molecule has 1 aromatic heterocycles. The first-order valence-corrected chi connectivity index (χ1v) is 11.2. The molecule has 1 aliphatic heterocycles. The van der Waals surface area contributed by atoms with Crippen LogP contribution in [0.3, 0.4) is 0 Å². The van der Waals surface area contributed by atoms with Crippen LogP contribution in [-0.2, 0) is 0 Å². The number of carbonyl (C=O) groups excluding carboxylic acids is 1. The maximum absolute atomic E-state index is 12.9. The lowest BCUT2D eigenvalue weighted by molar-refractivity contribution is 0.208. The number of anilines is 4. The molecule has 4 rings (SSSR count). The minimum Gasteiger partial charge on any atom is -0.493 e. The van der Waals surface area contributed by atoms with Gasteiger partial charge in [-0.3, -0.25) is 0 Å². The predicted molar refractivity (Wildman–Crippen MR) is 134 cm³/mol. The summed E-state index contributed by atoms with van der Waals surface area (Å²) in [5.41, 5.74) is 2.76. The standard InChI is InChI=1S/C25H30N6O3/c1-17-8-10-19(11-9-17)28-22-16-23(27-18(2)26-22)30-12-14-31(15-13-30)25(32)29-20-6-5-7-21(33-3)24(20)34-4/h5-11,16H,12-15H2,1-4H3,(H,29,32)(H,26,27,28). The SMILES string of the molecule is COc1cccc(NC(=O)N2CCN(c3cc(Nc4ccc(C)cc4)nc(C)n3)CC2)c1OC. The molecule has 2 N–H and O–H groups in total. The molecule has 178 valence electrons. The molecule has 1 aliphatic rings. The Morgan fingerprint density at radius 2 is 1.68 bits per heavy atom. The van der Waals surface area contributed by atoms with Crippen molar-refractivity contribution >= 4 is 29.0 Å². The molecule has 0 saturated carbocycles. The van der Waals surface area contributed by atoms with Crippen molar-refractivity contribution in [3.05, 3.63) is 59.9 Å². The van der Waals surface area contributed by atoms with Crippen LogP contribution in [0.4, 0.5) is 27.8 Å². The van der Waals surface area contributed by atoms with Gasteiger partial charge in [0.2, 0.25) is 0 Å². The Kier molecular flexibility index (Phi) is 7.01. The zero-order valence-electron chi connectivity index (χ0n) is 20.0. The lowest BCUT2D eigenvalue weighted by Crippen LogP contribution is -2.50. The van der Waals surface area contributed by atoms with Crippen LogP contribution in [0.15, 0.2) is 48.5 Å². The van der Waals surface area contributed by atoms with Crippen LogP contribution in [0.25, 0.3) is 0 Å². The van der Waals surface area contributed by atoms with Crippen molar-refractivity contribution < 1.29 is 14.3 Å². The number of rotatable bonds is 6. The van der Waals surface area contributed by atoms with E-state index in [0.717, 1.165) is 17.3 Å². The molecule has 0 radical (unpaired) electrons. The van der Waals surface area contributed by atoms with Crippen LogP contribution in [0.5, 0.6) is 11.5 Å². The van der Waals surface area contributed by atoms with E-state index in [-0.39, 0.29) is 6.03 Å². The number of ether oxygens (including phenoxy) is 2. The largest absolute Gasteiger partial charge is 0.493 e. The van der Waals surface area contributed by atoms with Gasteiger partial charge in [-0.25, -0.2) is 14.8 Å². The van der Waals surface area contributed by atoms with Crippen molar-refractivity contribution in [2.45, 2.75) is 13.8 Å². The molecule has 2 heterocycles. The second-order valence-corrected chi connectivity index (χ2v) is 8.09. The normalized spacial score (nSPS) is 13.4. The van der Waals surface area contributed by atoms with Gasteiger partial charge in [-0.05, 0) is 38.1 Å². The fraction of sp³-hybridized carbons (Fsp3) is 0.320. The molecule has 0 bridgehead atoms. The highest BCUT2D eigenvalue weighted by molar-refractivity contribution is 5.91. The molecule has 1 saturated heterocycles. The summed E-state index contributed by atoms with van der Waals surface area (Å²) in [6.07, 6.45) is 0. The van der Waals surface area contributed by atoms with Crippen LogP contribution < -0.4 is 25.0 Å².